The number of carbonyl (C=O) groups is 2. The van der Waals surface area contributed by atoms with E-state index >= 15 is 0 Å². The third kappa shape index (κ3) is 1.37. The minimum Gasteiger partial charge on any atom is -0.480 e. The largest absolute Gasteiger partial charge is 0.480 e. The average molecular weight is 172 g/mol. The number of amides is 1. The van der Waals surface area contributed by atoms with E-state index < -0.39 is 17.9 Å². The molecule has 0 bridgehead atoms. The molecule has 12 heavy (non-hydrogen) atoms. The van der Waals surface area contributed by atoms with Crippen LogP contribution in [0.4, 0.5) is 0 Å². The van der Waals surface area contributed by atoms with Crippen molar-refractivity contribution in [3.05, 3.63) is 11.8 Å². The molecule has 6 heteroatoms. The molecule has 1 atom stereocenters. The molecule has 0 radical (unpaired) electrons. The number of hydrogen-bond donors (Lipinski definition) is 3. The predicted octanol–water partition coefficient (Wildman–Crippen LogP) is -1.10. The van der Waals surface area contributed by atoms with Gasteiger partial charge in [0.1, 0.15) is 0 Å². The van der Waals surface area contributed by atoms with Crippen molar-refractivity contribution in [3.8, 4) is 0 Å². The third-order valence-corrected chi connectivity index (χ3v) is 1.62. The normalized spacial score (nSPS) is 22.2. The van der Waals surface area contributed by atoms with Gasteiger partial charge in [-0.05, 0) is 0 Å². The highest BCUT2D eigenvalue weighted by Crippen LogP contribution is 2.19. The molecule has 1 rings (SSSR count). The topological polar surface area (TPSA) is 104 Å². The van der Waals surface area contributed by atoms with E-state index in [1.165, 1.54) is 0 Å². The monoisotopic (exact) mass is 172 g/mol. The van der Waals surface area contributed by atoms with Crippen LogP contribution in [-0.4, -0.2) is 33.3 Å². The summed E-state index contributed by atoms with van der Waals surface area (Å²) < 4.78 is 0. The molecule has 0 aromatic rings. The number of carbonyl (C=O) groups excluding carboxylic acids is 1. The molecular weight excluding hydrogens is 164 g/mol. The second kappa shape index (κ2) is 2.82. The summed E-state index contributed by atoms with van der Waals surface area (Å²) in [6.45, 7) is 0. The van der Waals surface area contributed by atoms with Crippen LogP contribution in [-0.2, 0) is 9.59 Å². The first kappa shape index (κ1) is 8.54. The highest BCUT2D eigenvalue weighted by molar-refractivity contribution is 5.93. The van der Waals surface area contributed by atoms with Crippen LogP contribution in [0.5, 0.6) is 0 Å². The molecule has 1 aliphatic rings. The number of carboxylic acid groups (broad SMARTS) is 1. The highest BCUT2D eigenvalue weighted by Gasteiger charge is 2.31. The number of nitrogens with two attached hydrogens (primary N) is 1. The van der Waals surface area contributed by atoms with Crippen LogP contribution in [0.1, 0.15) is 6.42 Å². The molecule has 4 N–H and O–H groups in total. The Balaban J connectivity index is 2.73. The lowest BCUT2D eigenvalue weighted by atomic mass is 10.1. The lowest BCUT2D eigenvalue weighted by Gasteiger charge is -2.12. The van der Waals surface area contributed by atoms with Gasteiger partial charge in [-0.1, -0.05) is 0 Å². The maximum atomic E-state index is 10.5. The number of aliphatic carboxylic acids is 1. The Labute approximate surface area is 67.8 Å². The summed E-state index contributed by atoms with van der Waals surface area (Å²) in [5.74, 6) is -1.90. The zero-order valence-electron chi connectivity index (χ0n) is 6.10. The standard InChI is InChI=1S/C6H8N2O4/c7-5(9)3-1-4(6(10)11)8(12)2-3/h2,4,12H,1H2,(H2,7,9)(H,10,11)/t4-/m0/s1. The van der Waals surface area contributed by atoms with Gasteiger partial charge in [0.05, 0.1) is 0 Å². The smallest absolute Gasteiger partial charge is 0.329 e. The molecule has 1 aliphatic heterocycles. The molecule has 0 aromatic carbocycles. The van der Waals surface area contributed by atoms with Gasteiger partial charge in [0.25, 0.3) is 0 Å². The summed E-state index contributed by atoms with van der Waals surface area (Å²) in [5.41, 5.74) is 5.00. The Hall–Kier alpha value is -1.56. The summed E-state index contributed by atoms with van der Waals surface area (Å²) >= 11 is 0. The molecule has 1 amide bonds. The van der Waals surface area contributed by atoms with Gasteiger partial charge in [-0.15, -0.1) is 0 Å². The molecule has 0 unspecified atom stereocenters. The van der Waals surface area contributed by atoms with Crippen LogP contribution >= 0.6 is 0 Å². The van der Waals surface area contributed by atoms with Crippen molar-refractivity contribution in [3.63, 3.8) is 0 Å². The summed E-state index contributed by atoms with van der Waals surface area (Å²) in [7, 11) is 0. The Bertz CT molecular complexity index is 260. The van der Waals surface area contributed by atoms with Gasteiger partial charge < -0.3 is 10.8 Å². The van der Waals surface area contributed by atoms with Gasteiger partial charge in [0.15, 0.2) is 6.04 Å². The van der Waals surface area contributed by atoms with E-state index in [9.17, 15) is 9.59 Å². The summed E-state index contributed by atoms with van der Waals surface area (Å²) in [4.78, 5) is 20.9. The molecular formula is C6H8N2O4. The van der Waals surface area contributed by atoms with Gasteiger partial charge >= 0.3 is 5.97 Å². The molecule has 66 valence electrons. The van der Waals surface area contributed by atoms with Gasteiger partial charge in [-0.3, -0.25) is 10.0 Å². The second-order valence-corrected chi connectivity index (χ2v) is 2.46. The molecule has 0 aliphatic carbocycles. The minimum atomic E-state index is -1.19. The molecule has 6 nitrogen and oxygen atoms in total. The van der Waals surface area contributed by atoms with E-state index in [0.717, 1.165) is 6.20 Å². The number of hydroxylamine groups is 2. The molecule has 0 fully saturated rings. The summed E-state index contributed by atoms with van der Waals surface area (Å²) in [6, 6.07) is -1.09. The fourth-order valence-electron chi connectivity index (χ4n) is 0.969. The van der Waals surface area contributed by atoms with Crippen LogP contribution in [0.25, 0.3) is 0 Å². The molecule has 0 spiro atoms. The van der Waals surface area contributed by atoms with Crippen molar-refractivity contribution in [1.82, 2.24) is 5.06 Å². The van der Waals surface area contributed by atoms with E-state index in [-0.39, 0.29) is 12.0 Å². The number of primary amides is 1. The second-order valence-electron chi connectivity index (χ2n) is 2.46. The van der Waals surface area contributed by atoms with E-state index in [2.05, 4.69) is 0 Å². The van der Waals surface area contributed by atoms with E-state index in [1.54, 1.807) is 0 Å². The van der Waals surface area contributed by atoms with E-state index in [0.29, 0.717) is 5.06 Å². The Kier molecular flexibility index (Phi) is 2.01. The zero-order valence-corrected chi connectivity index (χ0v) is 6.10. The number of hydrogen-bond acceptors (Lipinski definition) is 4. The first-order valence-corrected chi connectivity index (χ1v) is 3.23. The third-order valence-electron chi connectivity index (χ3n) is 1.62. The minimum absolute atomic E-state index is 0.0544. The average Bonchev–Trinajstić information content (AvgIpc) is 2.30. The maximum Gasteiger partial charge on any atom is 0.329 e. The molecule has 1 heterocycles. The zero-order chi connectivity index (χ0) is 9.30. The maximum absolute atomic E-state index is 10.5. The van der Waals surface area contributed by atoms with Gasteiger partial charge in [-0.2, -0.15) is 0 Å². The molecule has 0 aromatic heterocycles. The number of nitrogens with zero attached hydrogens (tertiary/aromatic N) is 1. The van der Waals surface area contributed by atoms with Crippen LogP contribution < -0.4 is 5.73 Å². The quantitative estimate of drug-likeness (QED) is 0.490. The Morgan fingerprint density at radius 1 is 1.67 bits per heavy atom. The number of rotatable bonds is 2. The summed E-state index contributed by atoms with van der Waals surface area (Å²) in [5, 5.41) is 17.9. The van der Waals surface area contributed by atoms with Crippen molar-refractivity contribution >= 4 is 11.9 Å². The van der Waals surface area contributed by atoms with Crippen LogP contribution in [0.15, 0.2) is 11.8 Å². The Morgan fingerprint density at radius 2 is 2.25 bits per heavy atom. The fourth-order valence-corrected chi connectivity index (χ4v) is 0.969. The van der Waals surface area contributed by atoms with E-state index in [1.807, 2.05) is 0 Å². The van der Waals surface area contributed by atoms with Crippen molar-refractivity contribution in [2.24, 2.45) is 5.73 Å². The Morgan fingerprint density at radius 3 is 2.50 bits per heavy atom. The van der Waals surface area contributed by atoms with Gasteiger partial charge in [0.2, 0.25) is 5.91 Å². The lowest BCUT2D eigenvalue weighted by Crippen LogP contribution is -2.31. The molecule has 0 saturated carbocycles. The van der Waals surface area contributed by atoms with Crippen LogP contribution in [0.2, 0.25) is 0 Å². The van der Waals surface area contributed by atoms with Crippen molar-refractivity contribution in [1.29, 1.82) is 0 Å². The van der Waals surface area contributed by atoms with Crippen LogP contribution in [0, 0.1) is 0 Å². The first-order valence-electron chi connectivity index (χ1n) is 3.23. The van der Waals surface area contributed by atoms with Crippen molar-refractivity contribution in [2.75, 3.05) is 0 Å². The number of carboxylic acids is 1. The van der Waals surface area contributed by atoms with Crippen molar-refractivity contribution in [2.45, 2.75) is 12.5 Å². The first-order chi connectivity index (χ1) is 5.52. The summed E-state index contributed by atoms with van der Waals surface area (Å²) in [6.07, 6.45) is 0.974. The lowest BCUT2D eigenvalue weighted by molar-refractivity contribution is -0.155. The predicted molar refractivity (Wildman–Crippen MR) is 36.9 cm³/mol. The van der Waals surface area contributed by atoms with Gasteiger partial charge in [-0.25, -0.2) is 9.86 Å². The van der Waals surface area contributed by atoms with Gasteiger partial charge in [0, 0.05) is 18.2 Å². The highest BCUT2D eigenvalue weighted by atomic mass is 16.5. The molecule has 0 saturated heterocycles. The van der Waals surface area contributed by atoms with Crippen molar-refractivity contribution < 1.29 is 19.9 Å². The van der Waals surface area contributed by atoms with E-state index in [4.69, 9.17) is 16.0 Å². The SMILES string of the molecule is NC(=O)C1=CN(O)[C@H](C(=O)O)C1. The van der Waals surface area contributed by atoms with Crippen LogP contribution in [0.3, 0.4) is 0 Å². The fraction of sp³-hybridized carbons (Fsp3) is 0.333.